The number of ether oxygens (including phenoxy) is 2. The Kier molecular flexibility index (Phi) is 5.53. The molecule has 0 atom stereocenters. The number of aromatic nitrogens is 2. The lowest BCUT2D eigenvalue weighted by Crippen LogP contribution is -2.35. The van der Waals surface area contributed by atoms with E-state index in [1.165, 1.54) is 5.56 Å². The van der Waals surface area contributed by atoms with E-state index in [4.69, 9.17) is 21.1 Å². The van der Waals surface area contributed by atoms with E-state index in [9.17, 15) is 4.79 Å². The largest absolute Gasteiger partial charge is 0.454 e. The van der Waals surface area contributed by atoms with Gasteiger partial charge in [0.2, 0.25) is 6.79 Å². The third kappa shape index (κ3) is 4.38. The summed E-state index contributed by atoms with van der Waals surface area (Å²) in [6, 6.07) is 15.3. The van der Waals surface area contributed by atoms with Crippen LogP contribution in [0.2, 0.25) is 5.02 Å². The minimum Gasteiger partial charge on any atom is -0.454 e. The summed E-state index contributed by atoms with van der Waals surface area (Å²) in [5.74, 6) is 1.76. The van der Waals surface area contributed by atoms with Gasteiger partial charge in [-0.3, -0.25) is 9.69 Å². The molecule has 0 bridgehead atoms. The third-order valence-electron chi connectivity index (χ3n) is 5.74. The van der Waals surface area contributed by atoms with Gasteiger partial charge in [0, 0.05) is 36.3 Å². The van der Waals surface area contributed by atoms with E-state index in [1.807, 2.05) is 28.9 Å². The van der Waals surface area contributed by atoms with Crippen molar-refractivity contribution < 1.29 is 14.3 Å². The summed E-state index contributed by atoms with van der Waals surface area (Å²) in [5, 5.41) is 8.25. The second kappa shape index (κ2) is 8.61. The molecule has 2 aliphatic rings. The Labute approximate surface area is 185 Å². The zero-order chi connectivity index (χ0) is 21.2. The van der Waals surface area contributed by atoms with Crippen LogP contribution in [0.25, 0.3) is 0 Å². The van der Waals surface area contributed by atoms with E-state index in [1.54, 1.807) is 24.4 Å². The molecule has 7 nitrogen and oxygen atoms in total. The number of nitrogens with one attached hydrogen (secondary N) is 1. The highest BCUT2D eigenvalue weighted by Gasteiger charge is 2.24. The second-order valence-electron chi connectivity index (χ2n) is 7.82. The monoisotopic (exact) mass is 438 g/mol. The van der Waals surface area contributed by atoms with Crippen molar-refractivity contribution in [1.29, 1.82) is 0 Å². The van der Waals surface area contributed by atoms with Gasteiger partial charge in [-0.2, -0.15) is 5.10 Å². The predicted octanol–water partition coefficient (Wildman–Crippen LogP) is 4.35. The number of hydrogen-bond donors (Lipinski definition) is 1. The van der Waals surface area contributed by atoms with Crippen LogP contribution in [0.3, 0.4) is 0 Å². The van der Waals surface area contributed by atoms with E-state index < -0.39 is 0 Å². The summed E-state index contributed by atoms with van der Waals surface area (Å²) in [4.78, 5) is 15.2. The van der Waals surface area contributed by atoms with Crippen LogP contribution in [0.4, 0.5) is 5.82 Å². The van der Waals surface area contributed by atoms with E-state index in [0.29, 0.717) is 22.9 Å². The fourth-order valence-electron chi connectivity index (χ4n) is 4.15. The summed E-state index contributed by atoms with van der Waals surface area (Å²) in [7, 11) is 0. The zero-order valence-electron chi connectivity index (χ0n) is 17.0. The van der Waals surface area contributed by atoms with Gasteiger partial charge in [0.25, 0.3) is 5.91 Å². The fourth-order valence-corrected chi connectivity index (χ4v) is 4.36. The molecule has 1 fully saturated rings. The topological polar surface area (TPSA) is 68.6 Å². The minimum atomic E-state index is -0.196. The maximum absolute atomic E-state index is 12.8. The number of likely N-dealkylation sites (tertiary alicyclic amines) is 1. The highest BCUT2D eigenvalue weighted by Crippen LogP contribution is 2.33. The maximum Gasteiger partial charge on any atom is 0.256 e. The number of amides is 1. The SMILES string of the molecule is O=C(Nc1ccnn1C1CCN(Cc2cccc(Cl)c2)CC1)c1ccc2c(c1)OCO2. The normalized spacial score (nSPS) is 16.4. The van der Waals surface area contributed by atoms with Crippen molar-refractivity contribution in [2.75, 3.05) is 25.2 Å². The van der Waals surface area contributed by atoms with Gasteiger partial charge in [-0.15, -0.1) is 0 Å². The van der Waals surface area contributed by atoms with Crippen molar-refractivity contribution in [3.05, 3.63) is 70.9 Å². The average Bonchev–Trinajstić information content (AvgIpc) is 3.43. The van der Waals surface area contributed by atoms with Crippen LogP contribution in [0, 0.1) is 0 Å². The Morgan fingerprint density at radius 2 is 1.94 bits per heavy atom. The molecule has 3 heterocycles. The Hall–Kier alpha value is -3.03. The summed E-state index contributed by atoms with van der Waals surface area (Å²) in [6.45, 7) is 3.00. The number of hydrogen-bond acceptors (Lipinski definition) is 5. The van der Waals surface area contributed by atoms with Gasteiger partial charge in [-0.1, -0.05) is 23.7 Å². The van der Waals surface area contributed by atoms with Crippen LogP contribution in [0.1, 0.15) is 34.8 Å². The number of nitrogens with zero attached hydrogens (tertiary/aromatic N) is 3. The molecule has 2 aromatic carbocycles. The average molecular weight is 439 g/mol. The molecule has 1 aromatic heterocycles. The highest BCUT2D eigenvalue weighted by atomic mass is 35.5. The first-order valence-electron chi connectivity index (χ1n) is 10.4. The van der Waals surface area contributed by atoms with E-state index >= 15 is 0 Å². The van der Waals surface area contributed by atoms with E-state index in [-0.39, 0.29) is 18.7 Å². The molecule has 0 aliphatic carbocycles. The Bertz CT molecular complexity index is 1090. The lowest BCUT2D eigenvalue weighted by atomic mass is 10.0. The third-order valence-corrected chi connectivity index (χ3v) is 5.98. The summed E-state index contributed by atoms with van der Waals surface area (Å²) >= 11 is 6.11. The Morgan fingerprint density at radius 3 is 2.77 bits per heavy atom. The number of carbonyl (C=O) groups excluding carboxylic acids is 1. The molecule has 0 saturated carbocycles. The predicted molar refractivity (Wildman–Crippen MR) is 118 cm³/mol. The van der Waals surface area contributed by atoms with Crippen molar-refractivity contribution in [2.24, 2.45) is 0 Å². The number of carbonyl (C=O) groups is 1. The van der Waals surface area contributed by atoms with Gasteiger partial charge in [-0.25, -0.2) is 4.68 Å². The van der Waals surface area contributed by atoms with E-state index in [0.717, 1.165) is 37.5 Å². The van der Waals surface area contributed by atoms with Gasteiger partial charge >= 0.3 is 0 Å². The van der Waals surface area contributed by atoms with Gasteiger partial charge in [-0.05, 0) is 48.7 Å². The smallest absolute Gasteiger partial charge is 0.256 e. The number of fused-ring (bicyclic) bond motifs is 1. The number of rotatable bonds is 5. The fraction of sp³-hybridized carbons (Fsp3) is 0.304. The molecule has 5 rings (SSSR count). The van der Waals surface area contributed by atoms with Gasteiger partial charge < -0.3 is 14.8 Å². The summed E-state index contributed by atoms with van der Waals surface area (Å²) < 4.78 is 12.6. The molecule has 8 heteroatoms. The molecule has 1 amide bonds. The highest BCUT2D eigenvalue weighted by molar-refractivity contribution is 6.30. The quantitative estimate of drug-likeness (QED) is 0.641. The van der Waals surface area contributed by atoms with E-state index in [2.05, 4.69) is 21.4 Å². The number of halogens is 1. The van der Waals surface area contributed by atoms with Gasteiger partial charge in [0.05, 0.1) is 12.2 Å². The Balaban J connectivity index is 1.21. The van der Waals surface area contributed by atoms with Gasteiger partial charge in [0.15, 0.2) is 11.5 Å². The molecule has 31 heavy (non-hydrogen) atoms. The maximum atomic E-state index is 12.8. The van der Waals surface area contributed by atoms with Crippen LogP contribution >= 0.6 is 11.6 Å². The molecule has 0 spiro atoms. The van der Waals surface area contributed by atoms with Crippen molar-refractivity contribution >= 4 is 23.3 Å². The van der Waals surface area contributed by atoms with Crippen LogP contribution in [0.15, 0.2) is 54.7 Å². The first-order chi connectivity index (χ1) is 15.2. The molecular formula is C23H23ClN4O3. The van der Waals surface area contributed by atoms with Crippen molar-refractivity contribution in [1.82, 2.24) is 14.7 Å². The zero-order valence-corrected chi connectivity index (χ0v) is 17.7. The minimum absolute atomic E-state index is 0.184. The molecule has 1 N–H and O–H groups in total. The number of piperidine rings is 1. The van der Waals surface area contributed by atoms with Gasteiger partial charge in [0.1, 0.15) is 5.82 Å². The molecule has 3 aromatic rings. The number of anilines is 1. The molecular weight excluding hydrogens is 416 g/mol. The number of benzene rings is 2. The molecule has 160 valence electrons. The van der Waals surface area contributed by atoms with Crippen LogP contribution < -0.4 is 14.8 Å². The molecule has 1 saturated heterocycles. The molecule has 0 unspecified atom stereocenters. The lowest BCUT2D eigenvalue weighted by molar-refractivity contribution is 0.102. The second-order valence-corrected chi connectivity index (χ2v) is 8.26. The summed E-state index contributed by atoms with van der Waals surface area (Å²) in [5.41, 5.74) is 1.75. The molecule has 2 aliphatic heterocycles. The lowest BCUT2D eigenvalue weighted by Gasteiger charge is -2.32. The van der Waals surface area contributed by atoms with Crippen molar-refractivity contribution in [2.45, 2.75) is 25.4 Å². The van der Waals surface area contributed by atoms with Crippen LogP contribution in [-0.2, 0) is 6.54 Å². The molecule has 0 radical (unpaired) electrons. The van der Waals surface area contributed by atoms with Crippen LogP contribution in [-0.4, -0.2) is 40.5 Å². The first kappa shape index (κ1) is 19.9. The van der Waals surface area contributed by atoms with Crippen molar-refractivity contribution in [3.8, 4) is 11.5 Å². The van der Waals surface area contributed by atoms with Crippen LogP contribution in [0.5, 0.6) is 11.5 Å². The first-order valence-corrected chi connectivity index (χ1v) is 10.7. The summed E-state index contributed by atoms with van der Waals surface area (Å²) in [6.07, 6.45) is 3.66. The Morgan fingerprint density at radius 1 is 1.10 bits per heavy atom. The standard InChI is InChI=1S/C23H23ClN4O3/c24-18-3-1-2-16(12-18)14-27-10-7-19(8-11-27)28-22(6-9-25-28)26-23(29)17-4-5-20-21(13-17)31-15-30-20/h1-6,9,12-13,19H,7-8,10-11,14-15H2,(H,26,29). The van der Waals surface area contributed by atoms with Crippen molar-refractivity contribution in [3.63, 3.8) is 0 Å².